The molecule has 0 aromatic heterocycles. The third-order valence-electron chi connectivity index (χ3n) is 5.86. The van der Waals surface area contributed by atoms with Crippen molar-refractivity contribution in [2.75, 3.05) is 6.54 Å². The molecule has 4 heteroatoms. The molecule has 0 saturated heterocycles. The van der Waals surface area contributed by atoms with Crippen LogP contribution in [0.15, 0.2) is 35.3 Å². The fraction of sp³-hybridized carbons (Fsp3) is 0.720. The van der Waals surface area contributed by atoms with Crippen molar-refractivity contribution in [3.63, 3.8) is 0 Å². The van der Waals surface area contributed by atoms with Gasteiger partial charge in [0.2, 0.25) is 0 Å². The van der Waals surface area contributed by atoms with E-state index in [9.17, 15) is 5.11 Å². The van der Waals surface area contributed by atoms with Crippen LogP contribution in [0, 0.1) is 0 Å². The van der Waals surface area contributed by atoms with Crippen molar-refractivity contribution in [3.8, 4) is 0 Å². The molecule has 1 heterocycles. The normalized spacial score (nSPS) is 17.1. The topological polar surface area (TPSA) is 35.8 Å². The lowest BCUT2D eigenvalue weighted by Gasteiger charge is -2.22. The first-order chi connectivity index (χ1) is 13.7. The smallest absolute Gasteiger partial charge is 0.0998 e. The third kappa shape index (κ3) is 10.5. The molecule has 0 spiro atoms. The van der Waals surface area contributed by atoms with Crippen molar-refractivity contribution in [2.45, 2.75) is 110 Å². The highest BCUT2D eigenvalue weighted by molar-refractivity contribution is 5.85. The summed E-state index contributed by atoms with van der Waals surface area (Å²) in [5.41, 5.74) is 1.32. The second-order valence-corrected chi connectivity index (χ2v) is 8.50. The zero-order valence-electron chi connectivity index (χ0n) is 18.7. The van der Waals surface area contributed by atoms with Gasteiger partial charge in [0.25, 0.3) is 0 Å². The minimum Gasteiger partial charge on any atom is -0.391 e. The first-order valence-corrected chi connectivity index (χ1v) is 11.7. The number of aliphatic imine (C=N–C) groups is 1. The van der Waals surface area contributed by atoms with Crippen molar-refractivity contribution < 1.29 is 5.11 Å². The van der Waals surface area contributed by atoms with Gasteiger partial charge in [-0.2, -0.15) is 0 Å². The number of aliphatic hydroxyl groups is 1. The fourth-order valence-electron chi connectivity index (χ4n) is 4.04. The highest BCUT2D eigenvalue weighted by atomic mass is 35.5. The molecule has 0 saturated carbocycles. The molecule has 2 atom stereocenters. The number of benzene rings is 1. The second-order valence-electron chi connectivity index (χ2n) is 8.50. The minimum absolute atomic E-state index is 0. The van der Waals surface area contributed by atoms with Crippen LogP contribution < -0.4 is 0 Å². The lowest BCUT2D eigenvalue weighted by atomic mass is 10.0. The average molecular weight is 423 g/mol. The molecule has 2 rings (SSSR count). The van der Waals surface area contributed by atoms with E-state index in [0.29, 0.717) is 0 Å². The Kier molecular flexibility index (Phi) is 14.1. The third-order valence-corrected chi connectivity index (χ3v) is 5.86. The maximum Gasteiger partial charge on any atom is 0.0998 e. The molecule has 29 heavy (non-hydrogen) atoms. The molecule has 166 valence electrons. The fourth-order valence-corrected chi connectivity index (χ4v) is 4.04. The van der Waals surface area contributed by atoms with Crippen LogP contribution in [0.4, 0.5) is 0 Å². The van der Waals surface area contributed by atoms with Crippen LogP contribution in [0.25, 0.3) is 0 Å². The molecule has 1 N–H and O–H groups in total. The van der Waals surface area contributed by atoms with Crippen LogP contribution in [-0.2, 0) is 6.54 Å². The average Bonchev–Trinajstić information content (AvgIpc) is 3.10. The molecule has 0 aliphatic carbocycles. The highest BCUT2D eigenvalue weighted by Gasteiger charge is 2.27. The number of unbranched alkanes of at least 4 members (excludes halogenated alkanes) is 10. The van der Waals surface area contributed by atoms with Gasteiger partial charge in [-0.3, -0.25) is 4.99 Å². The maximum absolute atomic E-state index is 9.98. The summed E-state index contributed by atoms with van der Waals surface area (Å²) >= 11 is 0. The van der Waals surface area contributed by atoms with Gasteiger partial charge < -0.3 is 10.0 Å². The molecule has 0 radical (unpaired) electrons. The van der Waals surface area contributed by atoms with E-state index >= 15 is 0 Å². The predicted octanol–water partition coefficient (Wildman–Crippen LogP) is 6.77. The Hall–Kier alpha value is -1.06. The molecular weight excluding hydrogens is 380 g/mol. The minimum atomic E-state index is -0.368. The zero-order chi connectivity index (χ0) is 20.0. The summed E-state index contributed by atoms with van der Waals surface area (Å²) in [5.74, 6) is 1.20. The van der Waals surface area contributed by atoms with E-state index in [1.165, 1.54) is 82.0 Å². The molecule has 3 nitrogen and oxygen atoms in total. The van der Waals surface area contributed by atoms with Gasteiger partial charge in [-0.15, -0.1) is 12.4 Å². The van der Waals surface area contributed by atoms with Crippen molar-refractivity contribution in [1.29, 1.82) is 0 Å². The van der Waals surface area contributed by atoms with Crippen LogP contribution in [-0.4, -0.2) is 34.5 Å². The van der Waals surface area contributed by atoms with E-state index in [0.717, 1.165) is 19.5 Å². The molecule has 0 amide bonds. The largest absolute Gasteiger partial charge is 0.391 e. The predicted molar refractivity (Wildman–Crippen MR) is 128 cm³/mol. The molecule has 0 fully saturated rings. The first kappa shape index (κ1) is 26.0. The summed E-state index contributed by atoms with van der Waals surface area (Å²) in [6.07, 6.45) is 15.8. The van der Waals surface area contributed by atoms with Gasteiger partial charge in [0.05, 0.1) is 18.0 Å². The van der Waals surface area contributed by atoms with Gasteiger partial charge in [-0.1, -0.05) is 101 Å². The summed E-state index contributed by atoms with van der Waals surface area (Å²) in [5, 5.41) is 9.98. The van der Waals surface area contributed by atoms with E-state index in [1.807, 2.05) is 6.92 Å². The number of rotatable bonds is 15. The Morgan fingerprint density at radius 2 is 1.48 bits per heavy atom. The molecule has 2 unspecified atom stereocenters. The Balaban J connectivity index is 0.00000420. The van der Waals surface area contributed by atoms with Crippen molar-refractivity contribution in [1.82, 2.24) is 4.90 Å². The van der Waals surface area contributed by atoms with Gasteiger partial charge in [-0.25, -0.2) is 0 Å². The van der Waals surface area contributed by atoms with Gasteiger partial charge in [-0.05, 0) is 18.9 Å². The van der Waals surface area contributed by atoms with Crippen molar-refractivity contribution in [2.24, 2.45) is 4.99 Å². The summed E-state index contributed by atoms with van der Waals surface area (Å²) in [6.45, 7) is 5.89. The first-order valence-electron chi connectivity index (χ1n) is 11.7. The number of nitrogens with zero attached hydrogens (tertiary/aromatic N) is 2. The Labute approximate surface area is 185 Å². The number of hydrogen-bond acceptors (Lipinski definition) is 3. The highest BCUT2D eigenvalue weighted by Crippen LogP contribution is 2.20. The van der Waals surface area contributed by atoms with Crippen LogP contribution in [0.2, 0.25) is 0 Å². The van der Waals surface area contributed by atoms with Gasteiger partial charge >= 0.3 is 0 Å². The van der Waals surface area contributed by atoms with Crippen LogP contribution in [0.3, 0.4) is 0 Å². The Morgan fingerprint density at radius 1 is 0.931 bits per heavy atom. The van der Waals surface area contributed by atoms with Gasteiger partial charge in [0.1, 0.15) is 0 Å². The molecule has 1 aromatic carbocycles. The summed E-state index contributed by atoms with van der Waals surface area (Å²) in [4.78, 5) is 7.22. The number of halogens is 1. The Bertz CT molecular complexity index is 547. The lowest BCUT2D eigenvalue weighted by molar-refractivity contribution is 0.159. The van der Waals surface area contributed by atoms with Crippen molar-refractivity contribution in [3.05, 3.63) is 35.9 Å². The molecule has 1 aromatic rings. The molecule has 1 aliphatic heterocycles. The molecule has 0 bridgehead atoms. The monoisotopic (exact) mass is 422 g/mol. The maximum atomic E-state index is 9.98. The van der Waals surface area contributed by atoms with Crippen LogP contribution in [0.5, 0.6) is 0 Å². The SMILES string of the molecule is CCCCCCCCCCCCCC1=NC(C(C)O)CN1Cc1ccccc1.Cl. The van der Waals surface area contributed by atoms with E-state index in [4.69, 9.17) is 4.99 Å². The van der Waals surface area contributed by atoms with Crippen LogP contribution in [0.1, 0.15) is 96.5 Å². The quantitative estimate of drug-likeness (QED) is 0.316. The van der Waals surface area contributed by atoms with Gasteiger partial charge in [0.15, 0.2) is 0 Å². The number of amidine groups is 1. The van der Waals surface area contributed by atoms with E-state index in [1.54, 1.807) is 0 Å². The molecular formula is C25H43ClN2O. The number of aliphatic hydroxyl groups excluding tert-OH is 1. The standard InChI is InChI=1S/C25H42N2O.ClH/c1-3-4-5-6-7-8-9-10-11-12-16-19-25-26-24(22(2)28)21-27(25)20-23-17-14-13-15-18-23;/h13-15,17-18,22,24,28H,3-12,16,19-21H2,1-2H3;1H. The summed E-state index contributed by atoms with van der Waals surface area (Å²) in [7, 11) is 0. The second kappa shape index (κ2) is 15.7. The van der Waals surface area contributed by atoms with E-state index < -0.39 is 0 Å². The van der Waals surface area contributed by atoms with Crippen molar-refractivity contribution >= 4 is 18.2 Å². The van der Waals surface area contributed by atoms with E-state index in [-0.39, 0.29) is 24.6 Å². The van der Waals surface area contributed by atoms with Crippen LogP contribution >= 0.6 is 12.4 Å². The van der Waals surface area contributed by atoms with E-state index in [2.05, 4.69) is 42.2 Å². The Morgan fingerprint density at radius 3 is 2.03 bits per heavy atom. The zero-order valence-corrected chi connectivity index (χ0v) is 19.5. The molecule has 1 aliphatic rings. The summed E-state index contributed by atoms with van der Waals surface area (Å²) < 4.78 is 0. The summed E-state index contributed by atoms with van der Waals surface area (Å²) in [6, 6.07) is 10.6. The van der Waals surface area contributed by atoms with Gasteiger partial charge in [0, 0.05) is 19.5 Å². The lowest BCUT2D eigenvalue weighted by Crippen LogP contribution is -2.32. The number of hydrogen-bond donors (Lipinski definition) is 1.